The average molecular weight is 298 g/mol. The van der Waals surface area contributed by atoms with Gasteiger partial charge in [0, 0.05) is 33.9 Å². The molecule has 0 bridgehead atoms. The molecular weight excluding hydrogens is 286 g/mol. The summed E-state index contributed by atoms with van der Waals surface area (Å²) in [5.41, 5.74) is 2.12. The molecule has 2 rings (SSSR count). The van der Waals surface area contributed by atoms with Crippen molar-refractivity contribution in [1.29, 1.82) is 0 Å². The van der Waals surface area contributed by atoms with Crippen molar-refractivity contribution in [2.45, 2.75) is 13.0 Å². The van der Waals surface area contributed by atoms with Gasteiger partial charge >= 0.3 is 0 Å². The summed E-state index contributed by atoms with van der Waals surface area (Å²) in [6, 6.07) is 2.31. The molecule has 0 aliphatic rings. The zero-order valence-electron chi connectivity index (χ0n) is 9.07. The van der Waals surface area contributed by atoms with Crippen molar-refractivity contribution in [2.75, 3.05) is 7.05 Å². The van der Waals surface area contributed by atoms with Crippen molar-refractivity contribution in [3.63, 3.8) is 0 Å². The number of rotatable bonds is 3. The zero-order valence-corrected chi connectivity index (χ0v) is 11.5. The number of aromatic nitrogens is 2. The molecule has 3 nitrogen and oxygen atoms in total. The van der Waals surface area contributed by atoms with E-state index in [4.69, 9.17) is 0 Å². The van der Waals surface area contributed by atoms with Crippen molar-refractivity contribution < 1.29 is 0 Å². The topological polar surface area (TPSA) is 37.8 Å². The second-order valence-electron chi connectivity index (χ2n) is 3.48. The smallest absolute Gasteiger partial charge is 0.125 e. The first kappa shape index (κ1) is 11.7. The molecular formula is C11H12BrN3S. The Morgan fingerprint density at radius 3 is 2.94 bits per heavy atom. The zero-order chi connectivity index (χ0) is 11.5. The Hall–Kier alpha value is -0.780. The maximum atomic E-state index is 4.59. The summed E-state index contributed by atoms with van der Waals surface area (Å²) >= 11 is 5.05. The number of nitrogens with zero attached hydrogens (tertiary/aromatic N) is 2. The molecule has 2 heterocycles. The molecule has 0 aromatic carbocycles. The highest BCUT2D eigenvalue weighted by Crippen LogP contribution is 2.27. The van der Waals surface area contributed by atoms with Crippen LogP contribution in [-0.2, 0) is 0 Å². The van der Waals surface area contributed by atoms with E-state index in [2.05, 4.69) is 43.5 Å². The Kier molecular flexibility index (Phi) is 3.68. The number of thiazole rings is 1. The normalized spacial score (nSPS) is 12.7. The van der Waals surface area contributed by atoms with Crippen LogP contribution in [0.3, 0.4) is 0 Å². The number of pyridine rings is 1. The molecule has 0 saturated carbocycles. The van der Waals surface area contributed by atoms with Gasteiger partial charge in [0.1, 0.15) is 5.01 Å². The average Bonchev–Trinajstić information content (AvgIpc) is 2.77. The van der Waals surface area contributed by atoms with Gasteiger partial charge in [-0.3, -0.25) is 4.98 Å². The van der Waals surface area contributed by atoms with Gasteiger partial charge in [0.05, 0.1) is 5.69 Å². The van der Waals surface area contributed by atoms with E-state index in [-0.39, 0.29) is 6.04 Å². The van der Waals surface area contributed by atoms with E-state index in [9.17, 15) is 0 Å². The molecule has 1 N–H and O–H groups in total. The van der Waals surface area contributed by atoms with E-state index in [0.29, 0.717) is 0 Å². The van der Waals surface area contributed by atoms with Crippen LogP contribution in [0.2, 0.25) is 0 Å². The summed E-state index contributed by atoms with van der Waals surface area (Å²) in [6.07, 6.45) is 3.60. The van der Waals surface area contributed by atoms with E-state index in [0.717, 1.165) is 20.7 Å². The lowest BCUT2D eigenvalue weighted by Crippen LogP contribution is -2.12. The van der Waals surface area contributed by atoms with Crippen molar-refractivity contribution in [3.05, 3.63) is 34.0 Å². The molecule has 1 atom stereocenters. The van der Waals surface area contributed by atoms with Gasteiger partial charge in [-0.15, -0.1) is 11.3 Å². The van der Waals surface area contributed by atoms with Crippen LogP contribution in [0.25, 0.3) is 10.6 Å². The number of hydrogen-bond donors (Lipinski definition) is 1. The second-order valence-corrected chi connectivity index (χ2v) is 5.25. The Bertz CT molecular complexity index is 484. The van der Waals surface area contributed by atoms with E-state index in [1.54, 1.807) is 17.5 Å². The standard InChI is InChI=1S/C11H12BrN3S/c1-7(13-2)10-6-16-11(15-10)8-3-9(12)5-14-4-8/h3-7,13H,1-2H3. The lowest BCUT2D eigenvalue weighted by atomic mass is 10.2. The number of hydrogen-bond acceptors (Lipinski definition) is 4. The van der Waals surface area contributed by atoms with E-state index in [1.165, 1.54) is 0 Å². The van der Waals surface area contributed by atoms with Crippen LogP contribution in [0.1, 0.15) is 18.7 Å². The third-order valence-electron chi connectivity index (χ3n) is 2.35. The summed E-state index contributed by atoms with van der Waals surface area (Å²) in [7, 11) is 1.93. The minimum atomic E-state index is 0.283. The molecule has 1 unspecified atom stereocenters. The minimum absolute atomic E-state index is 0.283. The highest BCUT2D eigenvalue weighted by atomic mass is 79.9. The number of halogens is 1. The molecule has 2 aromatic rings. The van der Waals surface area contributed by atoms with Gasteiger partial charge in [0.2, 0.25) is 0 Å². The third kappa shape index (κ3) is 2.48. The molecule has 0 aliphatic carbocycles. The molecule has 0 radical (unpaired) electrons. The quantitative estimate of drug-likeness (QED) is 0.945. The van der Waals surface area contributed by atoms with E-state index < -0.39 is 0 Å². The Balaban J connectivity index is 2.31. The molecule has 84 valence electrons. The lowest BCUT2D eigenvalue weighted by molar-refractivity contribution is 0.637. The van der Waals surface area contributed by atoms with Gasteiger partial charge in [-0.1, -0.05) is 0 Å². The highest BCUT2D eigenvalue weighted by molar-refractivity contribution is 9.10. The van der Waals surface area contributed by atoms with Crippen LogP contribution >= 0.6 is 27.3 Å². The molecule has 0 fully saturated rings. The summed E-state index contributed by atoms with van der Waals surface area (Å²) in [6.45, 7) is 2.10. The van der Waals surface area contributed by atoms with Gasteiger partial charge in [-0.05, 0) is 36.0 Å². The molecule has 0 amide bonds. The van der Waals surface area contributed by atoms with Crippen LogP contribution < -0.4 is 5.32 Å². The lowest BCUT2D eigenvalue weighted by Gasteiger charge is -2.04. The number of nitrogens with one attached hydrogen (secondary N) is 1. The van der Waals surface area contributed by atoms with Crippen LogP contribution in [0.15, 0.2) is 28.3 Å². The summed E-state index contributed by atoms with van der Waals surface area (Å²) in [5, 5.41) is 6.26. The first-order valence-corrected chi connectivity index (χ1v) is 6.61. The third-order valence-corrected chi connectivity index (χ3v) is 3.69. The van der Waals surface area contributed by atoms with Gasteiger partial charge < -0.3 is 5.32 Å². The molecule has 0 aliphatic heterocycles. The van der Waals surface area contributed by atoms with Crippen molar-refractivity contribution in [2.24, 2.45) is 0 Å². The van der Waals surface area contributed by atoms with Gasteiger partial charge in [0.15, 0.2) is 0 Å². The monoisotopic (exact) mass is 297 g/mol. The van der Waals surface area contributed by atoms with Gasteiger partial charge in [-0.25, -0.2) is 4.98 Å². The maximum Gasteiger partial charge on any atom is 0.125 e. The van der Waals surface area contributed by atoms with Gasteiger partial charge in [0.25, 0.3) is 0 Å². The van der Waals surface area contributed by atoms with Crippen LogP contribution in [0.5, 0.6) is 0 Å². The van der Waals surface area contributed by atoms with Crippen molar-refractivity contribution in [1.82, 2.24) is 15.3 Å². The molecule has 0 spiro atoms. The maximum absolute atomic E-state index is 4.59. The predicted molar refractivity (Wildman–Crippen MR) is 70.5 cm³/mol. The van der Waals surface area contributed by atoms with Crippen LogP contribution in [-0.4, -0.2) is 17.0 Å². The molecule has 2 aromatic heterocycles. The molecule has 0 saturated heterocycles. The summed E-state index contributed by atoms with van der Waals surface area (Å²) < 4.78 is 0.975. The fourth-order valence-corrected chi connectivity index (χ4v) is 2.55. The van der Waals surface area contributed by atoms with Gasteiger partial charge in [-0.2, -0.15) is 0 Å². The Labute approximate surface area is 107 Å². The first-order chi connectivity index (χ1) is 7.70. The first-order valence-electron chi connectivity index (χ1n) is 4.94. The summed E-state index contributed by atoms with van der Waals surface area (Å²) in [5.74, 6) is 0. The fourth-order valence-electron chi connectivity index (χ4n) is 1.29. The van der Waals surface area contributed by atoms with E-state index >= 15 is 0 Å². The highest BCUT2D eigenvalue weighted by Gasteiger charge is 2.09. The largest absolute Gasteiger partial charge is 0.312 e. The second kappa shape index (κ2) is 5.03. The molecule has 5 heteroatoms. The SMILES string of the molecule is CNC(C)c1csc(-c2cncc(Br)c2)n1. The fraction of sp³-hybridized carbons (Fsp3) is 0.273. The Morgan fingerprint density at radius 2 is 2.25 bits per heavy atom. The Morgan fingerprint density at radius 1 is 1.44 bits per heavy atom. The van der Waals surface area contributed by atoms with Crippen LogP contribution in [0, 0.1) is 0 Å². The molecule has 16 heavy (non-hydrogen) atoms. The minimum Gasteiger partial charge on any atom is -0.312 e. The van der Waals surface area contributed by atoms with Crippen molar-refractivity contribution >= 4 is 27.3 Å². The predicted octanol–water partition coefficient (Wildman–Crippen LogP) is 3.25. The summed E-state index contributed by atoms with van der Waals surface area (Å²) in [4.78, 5) is 8.73. The van der Waals surface area contributed by atoms with E-state index in [1.807, 2.05) is 19.3 Å². The van der Waals surface area contributed by atoms with Crippen molar-refractivity contribution in [3.8, 4) is 10.6 Å². The van der Waals surface area contributed by atoms with Crippen LogP contribution in [0.4, 0.5) is 0 Å².